The fourth-order valence-corrected chi connectivity index (χ4v) is 4.53. The topological polar surface area (TPSA) is 127 Å². The summed E-state index contributed by atoms with van der Waals surface area (Å²) in [4.78, 5) is 21.0. The molecule has 1 aliphatic rings. The Kier molecular flexibility index (Phi) is 7.00. The highest BCUT2D eigenvalue weighted by Gasteiger charge is 2.16. The Hall–Kier alpha value is -3.30. The third kappa shape index (κ3) is 6.36. The van der Waals surface area contributed by atoms with Gasteiger partial charge in [0.15, 0.2) is 0 Å². The van der Waals surface area contributed by atoms with Crippen LogP contribution in [0.1, 0.15) is 38.5 Å². The molecule has 0 aliphatic heterocycles. The van der Waals surface area contributed by atoms with Crippen molar-refractivity contribution in [3.05, 3.63) is 60.8 Å². The first kappa shape index (κ1) is 22.9. The Labute approximate surface area is 193 Å². The standard InChI is InChI=1S/C24H27N5O3S/c25-33(31,32)21-12-10-20(11-13-21)28-24-26-16-15-22(29-24)18-6-8-19(9-7-18)27-23(30)14-5-17-3-1-2-4-17/h6-13,15-17H,1-5,14H2,(H,27,30)(H2,25,31,32)(H,26,28,29). The largest absolute Gasteiger partial charge is 0.326 e. The number of rotatable bonds is 8. The first-order valence-corrected chi connectivity index (χ1v) is 12.5. The number of sulfonamides is 1. The van der Waals surface area contributed by atoms with Gasteiger partial charge in [-0.05, 0) is 54.8 Å². The lowest BCUT2D eigenvalue weighted by molar-refractivity contribution is -0.116. The molecule has 1 heterocycles. The van der Waals surface area contributed by atoms with Crippen LogP contribution in [-0.4, -0.2) is 24.3 Å². The van der Waals surface area contributed by atoms with Crippen molar-refractivity contribution in [1.82, 2.24) is 9.97 Å². The Morgan fingerprint density at radius 2 is 1.64 bits per heavy atom. The van der Waals surface area contributed by atoms with Gasteiger partial charge >= 0.3 is 0 Å². The number of anilines is 3. The van der Waals surface area contributed by atoms with E-state index in [1.165, 1.54) is 37.8 Å². The maximum atomic E-state index is 12.2. The minimum atomic E-state index is -3.74. The van der Waals surface area contributed by atoms with Gasteiger partial charge in [-0.2, -0.15) is 0 Å². The van der Waals surface area contributed by atoms with Crippen LogP contribution >= 0.6 is 0 Å². The highest BCUT2D eigenvalue weighted by atomic mass is 32.2. The minimum Gasteiger partial charge on any atom is -0.326 e. The number of nitrogens with two attached hydrogens (primary N) is 1. The molecule has 3 aromatic rings. The quantitative estimate of drug-likeness (QED) is 0.451. The molecular weight excluding hydrogens is 438 g/mol. The number of primary sulfonamides is 1. The molecule has 0 bridgehead atoms. The van der Waals surface area contributed by atoms with Crippen LogP contribution < -0.4 is 15.8 Å². The van der Waals surface area contributed by atoms with E-state index >= 15 is 0 Å². The second-order valence-corrected chi connectivity index (χ2v) is 9.84. The molecule has 9 heteroatoms. The number of hydrogen-bond donors (Lipinski definition) is 3. The molecule has 172 valence electrons. The number of hydrogen-bond acceptors (Lipinski definition) is 6. The van der Waals surface area contributed by atoms with E-state index in [2.05, 4.69) is 20.6 Å². The molecular formula is C24H27N5O3S. The molecule has 1 amide bonds. The van der Waals surface area contributed by atoms with E-state index in [1.54, 1.807) is 24.4 Å². The van der Waals surface area contributed by atoms with Gasteiger partial charge in [0.05, 0.1) is 10.6 Å². The maximum absolute atomic E-state index is 12.2. The smallest absolute Gasteiger partial charge is 0.238 e. The first-order chi connectivity index (χ1) is 15.9. The molecule has 33 heavy (non-hydrogen) atoms. The van der Waals surface area contributed by atoms with Crippen molar-refractivity contribution in [2.75, 3.05) is 10.6 Å². The normalized spacial score (nSPS) is 14.2. The van der Waals surface area contributed by atoms with Gasteiger partial charge < -0.3 is 10.6 Å². The van der Waals surface area contributed by atoms with Crippen molar-refractivity contribution in [3.8, 4) is 11.3 Å². The van der Waals surface area contributed by atoms with Crippen LogP contribution in [-0.2, 0) is 14.8 Å². The summed E-state index contributed by atoms with van der Waals surface area (Å²) in [5.41, 5.74) is 2.99. The fourth-order valence-electron chi connectivity index (χ4n) is 4.02. The van der Waals surface area contributed by atoms with Crippen molar-refractivity contribution in [3.63, 3.8) is 0 Å². The molecule has 8 nitrogen and oxygen atoms in total. The molecule has 0 saturated heterocycles. The molecule has 1 fully saturated rings. The van der Waals surface area contributed by atoms with Crippen LogP contribution in [0.4, 0.5) is 17.3 Å². The van der Waals surface area contributed by atoms with Crippen molar-refractivity contribution in [2.24, 2.45) is 11.1 Å². The van der Waals surface area contributed by atoms with E-state index in [4.69, 9.17) is 5.14 Å². The molecule has 0 unspecified atom stereocenters. The number of benzene rings is 2. The zero-order valence-corrected chi connectivity index (χ0v) is 19.0. The number of aromatic nitrogens is 2. The molecule has 0 spiro atoms. The second kappa shape index (κ2) is 10.1. The van der Waals surface area contributed by atoms with E-state index in [0.29, 0.717) is 29.7 Å². The highest BCUT2D eigenvalue weighted by Crippen LogP contribution is 2.28. The Morgan fingerprint density at radius 1 is 0.970 bits per heavy atom. The molecule has 1 aromatic heterocycles. The van der Waals surface area contributed by atoms with Gasteiger partial charge in [-0.3, -0.25) is 4.79 Å². The van der Waals surface area contributed by atoms with Crippen molar-refractivity contribution >= 4 is 33.3 Å². The predicted molar refractivity (Wildman–Crippen MR) is 128 cm³/mol. The van der Waals surface area contributed by atoms with E-state index in [-0.39, 0.29) is 10.8 Å². The van der Waals surface area contributed by atoms with E-state index < -0.39 is 10.0 Å². The van der Waals surface area contributed by atoms with Crippen LogP contribution in [0.5, 0.6) is 0 Å². The van der Waals surface area contributed by atoms with Crippen molar-refractivity contribution in [1.29, 1.82) is 0 Å². The van der Waals surface area contributed by atoms with E-state index in [0.717, 1.165) is 17.7 Å². The molecule has 0 radical (unpaired) electrons. The highest BCUT2D eigenvalue weighted by molar-refractivity contribution is 7.89. The predicted octanol–water partition coefficient (Wildman–Crippen LogP) is 4.44. The lowest BCUT2D eigenvalue weighted by atomic mass is 10.0. The summed E-state index contributed by atoms with van der Waals surface area (Å²) >= 11 is 0. The summed E-state index contributed by atoms with van der Waals surface area (Å²) in [5, 5.41) is 11.1. The first-order valence-electron chi connectivity index (χ1n) is 11.0. The number of carbonyl (C=O) groups excluding carboxylic acids is 1. The lowest BCUT2D eigenvalue weighted by Crippen LogP contribution is -2.12. The average Bonchev–Trinajstić information content (AvgIpc) is 3.32. The van der Waals surface area contributed by atoms with Crippen molar-refractivity contribution in [2.45, 2.75) is 43.4 Å². The van der Waals surface area contributed by atoms with Gasteiger partial charge in [0.1, 0.15) is 0 Å². The summed E-state index contributed by atoms with van der Waals surface area (Å²) in [6, 6.07) is 15.4. The molecule has 2 aromatic carbocycles. The fraction of sp³-hybridized carbons (Fsp3) is 0.292. The van der Waals surface area contributed by atoms with Gasteiger partial charge in [0.25, 0.3) is 0 Å². The van der Waals surface area contributed by atoms with Crippen LogP contribution in [0.3, 0.4) is 0 Å². The summed E-state index contributed by atoms with van der Waals surface area (Å²) in [7, 11) is -3.74. The SMILES string of the molecule is NS(=O)(=O)c1ccc(Nc2nccc(-c3ccc(NC(=O)CCC4CCCC4)cc3)n2)cc1. The summed E-state index contributed by atoms with van der Waals surface area (Å²) in [5.74, 6) is 1.13. The van der Waals surface area contributed by atoms with E-state index in [9.17, 15) is 13.2 Å². The monoisotopic (exact) mass is 465 g/mol. The summed E-state index contributed by atoms with van der Waals surface area (Å²) in [6.07, 6.45) is 8.24. The number of carbonyl (C=O) groups is 1. The molecule has 4 rings (SSSR count). The Balaban J connectivity index is 1.37. The van der Waals surface area contributed by atoms with Gasteiger partial charge in [-0.1, -0.05) is 37.8 Å². The van der Waals surface area contributed by atoms with Crippen LogP contribution in [0.15, 0.2) is 65.7 Å². The minimum absolute atomic E-state index is 0.0356. The Morgan fingerprint density at radius 3 is 2.30 bits per heavy atom. The zero-order valence-electron chi connectivity index (χ0n) is 18.2. The Bertz CT molecular complexity index is 1210. The van der Waals surface area contributed by atoms with Crippen LogP contribution in [0, 0.1) is 5.92 Å². The van der Waals surface area contributed by atoms with Gasteiger partial charge in [-0.25, -0.2) is 23.5 Å². The summed E-state index contributed by atoms with van der Waals surface area (Å²) in [6.45, 7) is 0. The van der Waals surface area contributed by atoms with E-state index in [1.807, 2.05) is 24.3 Å². The molecule has 1 aliphatic carbocycles. The third-order valence-corrected chi connectivity index (χ3v) is 6.74. The molecule has 4 N–H and O–H groups in total. The maximum Gasteiger partial charge on any atom is 0.238 e. The number of nitrogens with zero attached hydrogens (tertiary/aromatic N) is 2. The number of amides is 1. The number of nitrogens with one attached hydrogen (secondary N) is 2. The van der Waals surface area contributed by atoms with Gasteiger partial charge in [-0.15, -0.1) is 0 Å². The van der Waals surface area contributed by atoms with Crippen LogP contribution in [0.25, 0.3) is 11.3 Å². The molecule has 0 atom stereocenters. The lowest BCUT2D eigenvalue weighted by Gasteiger charge is -2.10. The zero-order chi connectivity index (χ0) is 23.3. The summed E-state index contributed by atoms with van der Waals surface area (Å²) < 4.78 is 22.8. The van der Waals surface area contributed by atoms with Gasteiger partial charge in [0, 0.05) is 29.6 Å². The molecule has 1 saturated carbocycles. The van der Waals surface area contributed by atoms with Gasteiger partial charge in [0.2, 0.25) is 21.9 Å². The third-order valence-electron chi connectivity index (χ3n) is 5.81. The van der Waals surface area contributed by atoms with Crippen LogP contribution in [0.2, 0.25) is 0 Å². The average molecular weight is 466 g/mol. The second-order valence-electron chi connectivity index (χ2n) is 8.27. The van der Waals surface area contributed by atoms with Crippen molar-refractivity contribution < 1.29 is 13.2 Å².